The number of hydrogen-bond acceptors (Lipinski definition) is 3. The lowest BCUT2D eigenvalue weighted by molar-refractivity contribution is 0.0607. The first-order valence-electron chi connectivity index (χ1n) is 7.11. The summed E-state index contributed by atoms with van der Waals surface area (Å²) in [5.41, 5.74) is 2.12. The summed E-state index contributed by atoms with van der Waals surface area (Å²) in [6.07, 6.45) is 5.22. The zero-order chi connectivity index (χ0) is 13.3. The zero-order valence-electron chi connectivity index (χ0n) is 12.3. The number of carbonyl (C=O) groups excluding carboxylic acids is 1. The highest BCUT2D eigenvalue weighted by Gasteiger charge is 2.38. The lowest BCUT2D eigenvalue weighted by atomic mass is 9.78. The highest BCUT2D eigenvalue weighted by Crippen LogP contribution is 2.37. The van der Waals surface area contributed by atoms with Gasteiger partial charge in [-0.25, -0.2) is 0 Å². The minimum absolute atomic E-state index is 0. The maximum atomic E-state index is 12.4. The molecule has 2 fully saturated rings. The van der Waals surface area contributed by atoms with Gasteiger partial charge in [0.05, 0.1) is 5.56 Å². The maximum absolute atomic E-state index is 12.4. The number of rotatable bonds is 1. The molecule has 3 rings (SSSR count). The highest BCUT2D eigenvalue weighted by atomic mass is 35.5. The number of nitrogens with zero attached hydrogens (tertiary/aromatic N) is 2. The van der Waals surface area contributed by atoms with E-state index >= 15 is 0 Å². The van der Waals surface area contributed by atoms with Gasteiger partial charge in [-0.05, 0) is 50.3 Å². The van der Waals surface area contributed by atoms with E-state index in [-0.39, 0.29) is 30.7 Å². The molecular formula is C15H23Cl2N3O. The molecule has 1 N–H and O–H groups in total. The first-order chi connectivity index (χ1) is 9.19. The van der Waals surface area contributed by atoms with Gasteiger partial charge in [-0.3, -0.25) is 9.78 Å². The molecule has 1 aromatic rings. The van der Waals surface area contributed by atoms with Crippen molar-refractivity contribution in [1.82, 2.24) is 15.2 Å². The van der Waals surface area contributed by atoms with Gasteiger partial charge in [0.15, 0.2) is 0 Å². The van der Waals surface area contributed by atoms with Gasteiger partial charge in [-0.15, -0.1) is 24.8 Å². The molecular weight excluding hydrogens is 309 g/mol. The summed E-state index contributed by atoms with van der Waals surface area (Å²) in [6, 6.07) is 3.78. The van der Waals surface area contributed by atoms with Crippen LogP contribution < -0.4 is 5.32 Å². The third kappa shape index (κ3) is 3.87. The van der Waals surface area contributed by atoms with E-state index in [0.717, 1.165) is 44.7 Å². The van der Waals surface area contributed by atoms with Gasteiger partial charge >= 0.3 is 0 Å². The number of hydrogen-bond donors (Lipinski definition) is 1. The molecule has 2 aliphatic heterocycles. The van der Waals surface area contributed by atoms with Crippen molar-refractivity contribution in [3.8, 4) is 0 Å². The van der Waals surface area contributed by atoms with Crippen molar-refractivity contribution in [3.63, 3.8) is 0 Å². The van der Waals surface area contributed by atoms with Crippen LogP contribution in [0.15, 0.2) is 18.3 Å². The van der Waals surface area contributed by atoms with Crippen LogP contribution in [0, 0.1) is 12.3 Å². The van der Waals surface area contributed by atoms with Crippen molar-refractivity contribution in [2.75, 3.05) is 26.2 Å². The van der Waals surface area contributed by atoms with Crippen LogP contribution in [0.1, 0.15) is 35.3 Å². The Bertz CT molecular complexity index is 462. The van der Waals surface area contributed by atoms with Gasteiger partial charge in [0.25, 0.3) is 5.91 Å². The standard InChI is InChI=1S/C15H21N3O.2ClH/c1-12-2-3-13(10-17-12)14(19)18-8-5-15(6-9-18)4-7-16-11-15;;/h2-3,10,16H,4-9,11H2,1H3;2*1H. The van der Waals surface area contributed by atoms with Crippen LogP contribution in [0.2, 0.25) is 0 Å². The van der Waals surface area contributed by atoms with Crippen LogP contribution in [0.25, 0.3) is 0 Å². The van der Waals surface area contributed by atoms with E-state index in [9.17, 15) is 4.79 Å². The monoisotopic (exact) mass is 331 g/mol. The van der Waals surface area contributed by atoms with Crippen LogP contribution in [-0.2, 0) is 0 Å². The van der Waals surface area contributed by atoms with Gasteiger partial charge in [-0.1, -0.05) is 0 Å². The van der Waals surface area contributed by atoms with Crippen molar-refractivity contribution in [2.45, 2.75) is 26.2 Å². The van der Waals surface area contributed by atoms with E-state index in [1.54, 1.807) is 6.20 Å². The van der Waals surface area contributed by atoms with E-state index in [4.69, 9.17) is 0 Å². The van der Waals surface area contributed by atoms with Crippen LogP contribution in [0.4, 0.5) is 0 Å². The normalized spacial score (nSPS) is 19.8. The lowest BCUT2D eigenvalue weighted by Gasteiger charge is -2.38. The molecule has 1 aromatic heterocycles. The number of aromatic nitrogens is 1. The number of amides is 1. The number of likely N-dealkylation sites (tertiary alicyclic amines) is 1. The Kier molecular flexibility index (Phi) is 6.44. The Labute approximate surface area is 138 Å². The van der Waals surface area contributed by atoms with Crippen LogP contribution in [0.3, 0.4) is 0 Å². The molecule has 0 aliphatic carbocycles. The summed E-state index contributed by atoms with van der Waals surface area (Å²) in [6.45, 7) is 5.96. The Morgan fingerprint density at radius 2 is 1.95 bits per heavy atom. The van der Waals surface area contributed by atoms with Crippen molar-refractivity contribution in [3.05, 3.63) is 29.6 Å². The summed E-state index contributed by atoms with van der Waals surface area (Å²) < 4.78 is 0. The van der Waals surface area contributed by atoms with Crippen LogP contribution >= 0.6 is 24.8 Å². The Morgan fingerprint density at radius 1 is 1.24 bits per heavy atom. The van der Waals surface area contributed by atoms with Gasteiger partial charge in [0, 0.05) is 31.5 Å². The third-order valence-electron chi connectivity index (χ3n) is 4.60. The smallest absolute Gasteiger partial charge is 0.255 e. The zero-order valence-corrected chi connectivity index (χ0v) is 13.9. The molecule has 3 heterocycles. The number of pyridine rings is 1. The molecule has 6 heteroatoms. The minimum Gasteiger partial charge on any atom is -0.339 e. The number of carbonyl (C=O) groups is 1. The van der Waals surface area contributed by atoms with Crippen LogP contribution in [-0.4, -0.2) is 42.0 Å². The molecule has 118 valence electrons. The van der Waals surface area contributed by atoms with E-state index in [1.807, 2.05) is 24.0 Å². The molecule has 2 aliphatic rings. The second-order valence-electron chi connectivity index (χ2n) is 5.91. The first-order valence-corrected chi connectivity index (χ1v) is 7.11. The average Bonchev–Trinajstić information content (AvgIpc) is 2.88. The van der Waals surface area contributed by atoms with Crippen molar-refractivity contribution in [1.29, 1.82) is 0 Å². The molecule has 4 nitrogen and oxygen atoms in total. The molecule has 0 atom stereocenters. The van der Waals surface area contributed by atoms with Crippen molar-refractivity contribution < 1.29 is 4.79 Å². The Morgan fingerprint density at radius 3 is 2.48 bits per heavy atom. The fourth-order valence-electron chi connectivity index (χ4n) is 3.18. The maximum Gasteiger partial charge on any atom is 0.255 e. The van der Waals surface area contributed by atoms with Gasteiger partial charge in [-0.2, -0.15) is 0 Å². The number of piperidine rings is 1. The first kappa shape index (κ1) is 18.2. The molecule has 1 amide bonds. The van der Waals surface area contributed by atoms with Crippen molar-refractivity contribution >= 4 is 30.7 Å². The van der Waals surface area contributed by atoms with Gasteiger partial charge < -0.3 is 10.2 Å². The second kappa shape index (κ2) is 7.43. The van der Waals surface area contributed by atoms with Crippen molar-refractivity contribution in [2.24, 2.45) is 5.41 Å². The summed E-state index contributed by atoms with van der Waals surface area (Å²) in [5.74, 6) is 0.133. The number of halogens is 2. The third-order valence-corrected chi connectivity index (χ3v) is 4.60. The second-order valence-corrected chi connectivity index (χ2v) is 5.91. The largest absolute Gasteiger partial charge is 0.339 e. The molecule has 0 radical (unpaired) electrons. The van der Waals surface area contributed by atoms with Gasteiger partial charge in [0.1, 0.15) is 0 Å². The SMILES string of the molecule is Cc1ccc(C(=O)N2CCC3(CCNC3)CC2)cn1.Cl.Cl. The molecule has 1 spiro atoms. The molecule has 0 aromatic carbocycles. The summed E-state index contributed by atoms with van der Waals surface area (Å²) in [5, 5.41) is 3.45. The topological polar surface area (TPSA) is 45.2 Å². The molecule has 0 bridgehead atoms. The fraction of sp³-hybridized carbons (Fsp3) is 0.600. The summed E-state index contributed by atoms with van der Waals surface area (Å²) in [7, 11) is 0. The molecule has 21 heavy (non-hydrogen) atoms. The summed E-state index contributed by atoms with van der Waals surface area (Å²) in [4.78, 5) is 18.6. The average molecular weight is 332 g/mol. The molecule has 2 saturated heterocycles. The number of aryl methyl sites for hydroxylation is 1. The van der Waals surface area contributed by atoms with E-state index in [0.29, 0.717) is 11.0 Å². The van der Waals surface area contributed by atoms with Crippen LogP contribution in [0.5, 0.6) is 0 Å². The Hall–Kier alpha value is -0.840. The predicted octanol–water partition coefficient (Wildman–Crippen LogP) is 2.45. The fourth-order valence-corrected chi connectivity index (χ4v) is 3.18. The van der Waals surface area contributed by atoms with E-state index in [1.165, 1.54) is 6.42 Å². The quantitative estimate of drug-likeness (QED) is 0.859. The van der Waals surface area contributed by atoms with Gasteiger partial charge in [0.2, 0.25) is 0 Å². The highest BCUT2D eigenvalue weighted by molar-refractivity contribution is 5.94. The molecule has 0 saturated carbocycles. The van der Waals surface area contributed by atoms with E-state index < -0.39 is 0 Å². The molecule has 0 unspecified atom stereocenters. The lowest BCUT2D eigenvalue weighted by Crippen LogP contribution is -2.44. The predicted molar refractivity (Wildman–Crippen MR) is 88.5 cm³/mol. The Balaban J connectivity index is 0.00000110. The van der Waals surface area contributed by atoms with E-state index in [2.05, 4.69) is 10.3 Å². The number of nitrogens with one attached hydrogen (secondary N) is 1. The summed E-state index contributed by atoms with van der Waals surface area (Å²) >= 11 is 0. The minimum atomic E-state index is 0.